The van der Waals surface area contributed by atoms with Crippen LogP contribution in [0.5, 0.6) is 0 Å². The van der Waals surface area contributed by atoms with Crippen LogP contribution in [0.1, 0.15) is 18.5 Å². The van der Waals surface area contributed by atoms with E-state index in [1.807, 2.05) is 24.3 Å². The number of hydrogen-bond acceptors (Lipinski definition) is 4. The highest BCUT2D eigenvalue weighted by atomic mass is 16.5. The van der Waals surface area contributed by atoms with E-state index < -0.39 is 0 Å². The van der Waals surface area contributed by atoms with E-state index in [1.54, 1.807) is 13.0 Å². The molecule has 3 N–H and O–H groups in total. The fourth-order valence-corrected chi connectivity index (χ4v) is 1.90. The molecule has 0 aliphatic carbocycles. The Morgan fingerprint density at radius 2 is 2.20 bits per heavy atom. The van der Waals surface area contributed by atoms with E-state index >= 15 is 0 Å². The van der Waals surface area contributed by atoms with Gasteiger partial charge in [0, 0.05) is 11.3 Å². The topological polar surface area (TPSA) is 76.7 Å². The van der Waals surface area contributed by atoms with Crippen LogP contribution in [-0.2, 0) is 9.53 Å². The lowest BCUT2D eigenvalue weighted by Gasteiger charge is -2.08. The van der Waals surface area contributed by atoms with Crippen molar-refractivity contribution in [2.75, 3.05) is 11.9 Å². The number of nitrogens with zero attached hydrogens (tertiary/aromatic N) is 1. The second-order valence-corrected chi connectivity index (χ2v) is 4.32. The number of allylic oxidation sites excluding steroid dienone is 1. The molecule has 0 aromatic heterocycles. The number of amides is 1. The predicted octanol–water partition coefficient (Wildman–Crippen LogP) is 2.14. The summed E-state index contributed by atoms with van der Waals surface area (Å²) in [5, 5.41) is 2.80. The van der Waals surface area contributed by atoms with Gasteiger partial charge in [-0.05, 0) is 24.6 Å². The maximum atomic E-state index is 11.8. The van der Waals surface area contributed by atoms with Gasteiger partial charge in [0.2, 0.25) is 0 Å². The van der Waals surface area contributed by atoms with Gasteiger partial charge < -0.3 is 15.8 Å². The van der Waals surface area contributed by atoms with E-state index in [-0.39, 0.29) is 18.0 Å². The van der Waals surface area contributed by atoms with Gasteiger partial charge in [-0.3, -0.25) is 4.79 Å². The fraction of sp³-hybridized carbons (Fsp3) is 0.200. The van der Waals surface area contributed by atoms with Crippen molar-refractivity contribution in [3.8, 4) is 0 Å². The van der Waals surface area contributed by atoms with Gasteiger partial charge in [0.1, 0.15) is 12.6 Å². The Balaban J connectivity index is 2.05. The molecule has 5 nitrogen and oxygen atoms in total. The summed E-state index contributed by atoms with van der Waals surface area (Å²) in [4.78, 5) is 16.0. The van der Waals surface area contributed by atoms with Gasteiger partial charge in [-0.15, -0.1) is 0 Å². The number of carbonyl (C=O) groups is 1. The zero-order valence-electron chi connectivity index (χ0n) is 11.3. The molecule has 2 rings (SSSR count). The summed E-state index contributed by atoms with van der Waals surface area (Å²) in [5.74, 6) is -0.179. The monoisotopic (exact) mass is 271 g/mol. The van der Waals surface area contributed by atoms with Crippen LogP contribution in [0.2, 0.25) is 0 Å². The molecule has 1 atom stereocenters. The smallest absolute Gasteiger partial charge is 0.282 e. The van der Waals surface area contributed by atoms with E-state index in [9.17, 15) is 4.79 Å². The number of nitrogens with one attached hydrogen (secondary N) is 1. The van der Waals surface area contributed by atoms with Crippen LogP contribution >= 0.6 is 0 Å². The molecule has 0 spiro atoms. The molecule has 1 aromatic rings. The van der Waals surface area contributed by atoms with Crippen molar-refractivity contribution < 1.29 is 9.53 Å². The second kappa shape index (κ2) is 6.06. The summed E-state index contributed by atoms with van der Waals surface area (Å²) in [6, 6.07) is 7.60. The Kier molecular flexibility index (Phi) is 4.20. The highest BCUT2D eigenvalue weighted by molar-refractivity contribution is 6.05. The molecule has 0 radical (unpaired) electrons. The first-order chi connectivity index (χ1) is 9.63. The van der Waals surface area contributed by atoms with Gasteiger partial charge in [0.05, 0.1) is 0 Å². The minimum absolute atomic E-state index is 0.0703. The molecule has 20 heavy (non-hydrogen) atoms. The van der Waals surface area contributed by atoms with Gasteiger partial charge in [-0.2, -0.15) is 0 Å². The van der Waals surface area contributed by atoms with Crippen LogP contribution < -0.4 is 11.1 Å². The molecule has 0 saturated heterocycles. The van der Waals surface area contributed by atoms with Gasteiger partial charge in [-0.25, -0.2) is 4.99 Å². The molecule has 1 amide bonds. The maximum absolute atomic E-state index is 11.8. The second-order valence-electron chi connectivity index (χ2n) is 4.32. The Morgan fingerprint density at radius 3 is 2.70 bits per heavy atom. The van der Waals surface area contributed by atoms with Crippen molar-refractivity contribution in [1.29, 1.82) is 0 Å². The zero-order chi connectivity index (χ0) is 14.5. The van der Waals surface area contributed by atoms with E-state index in [0.29, 0.717) is 12.2 Å². The highest BCUT2D eigenvalue weighted by Crippen LogP contribution is 2.23. The van der Waals surface area contributed by atoms with E-state index in [1.165, 1.54) is 6.08 Å². The number of hydrogen-bond donors (Lipinski definition) is 2. The minimum atomic E-state index is -0.179. The normalized spacial score (nSPS) is 18.1. The number of anilines is 1. The molecule has 1 unspecified atom stereocenters. The maximum Gasteiger partial charge on any atom is 0.282 e. The average molecular weight is 271 g/mol. The predicted molar refractivity (Wildman–Crippen MR) is 79.3 cm³/mol. The van der Waals surface area contributed by atoms with E-state index in [0.717, 1.165) is 11.3 Å². The average Bonchev–Trinajstić information content (AvgIpc) is 2.87. The molecule has 0 bridgehead atoms. The standard InChI is InChI=1S/C15H17N3O2/c1-3-10(4-2)14(19)17-12-7-5-11(6-8-12)13-9-20-15(16)18-13/h3-8,13H,1,9H2,2H3,(H2,16,18)(H,17,19)/b10-4+. The summed E-state index contributed by atoms with van der Waals surface area (Å²) in [6.07, 6.45) is 3.24. The minimum Gasteiger partial charge on any atom is -0.463 e. The number of aliphatic imine (C=N–C) groups is 1. The molecule has 1 aliphatic heterocycles. The lowest BCUT2D eigenvalue weighted by atomic mass is 10.1. The van der Waals surface area contributed by atoms with Gasteiger partial charge in [-0.1, -0.05) is 30.9 Å². The van der Waals surface area contributed by atoms with Gasteiger partial charge in [0.15, 0.2) is 0 Å². The van der Waals surface area contributed by atoms with Crippen LogP contribution in [0.4, 0.5) is 5.69 Å². The Morgan fingerprint density at radius 1 is 1.50 bits per heavy atom. The molecule has 1 aliphatic rings. The number of amidine groups is 1. The summed E-state index contributed by atoms with van der Waals surface area (Å²) >= 11 is 0. The SMILES string of the molecule is C=C/C(=C\C)C(=O)Nc1ccc(C2COC(N)=N2)cc1. The molecular weight excluding hydrogens is 254 g/mol. The first kappa shape index (κ1) is 13.9. The van der Waals surface area contributed by atoms with Crippen molar-refractivity contribution in [2.45, 2.75) is 13.0 Å². The van der Waals surface area contributed by atoms with Crippen molar-refractivity contribution in [3.05, 3.63) is 54.1 Å². The quantitative estimate of drug-likeness (QED) is 0.650. The van der Waals surface area contributed by atoms with Crippen molar-refractivity contribution >= 4 is 17.6 Å². The summed E-state index contributed by atoms with van der Waals surface area (Å²) in [7, 11) is 0. The molecule has 0 saturated carbocycles. The van der Waals surface area contributed by atoms with Crippen molar-refractivity contribution in [3.63, 3.8) is 0 Å². The first-order valence-corrected chi connectivity index (χ1v) is 6.30. The summed E-state index contributed by atoms with van der Waals surface area (Å²) < 4.78 is 5.11. The Bertz CT molecular complexity index is 573. The fourth-order valence-electron chi connectivity index (χ4n) is 1.90. The molecule has 5 heteroatoms. The zero-order valence-corrected chi connectivity index (χ0v) is 11.3. The summed E-state index contributed by atoms with van der Waals surface area (Å²) in [5.41, 5.74) is 7.73. The van der Waals surface area contributed by atoms with Crippen LogP contribution in [0.3, 0.4) is 0 Å². The Labute approximate surface area is 117 Å². The molecule has 1 heterocycles. The van der Waals surface area contributed by atoms with Crippen LogP contribution in [0, 0.1) is 0 Å². The first-order valence-electron chi connectivity index (χ1n) is 6.30. The number of carbonyl (C=O) groups excluding carboxylic acids is 1. The molecule has 104 valence electrons. The van der Waals surface area contributed by atoms with Gasteiger partial charge in [0.25, 0.3) is 11.9 Å². The Hall–Kier alpha value is -2.56. The van der Waals surface area contributed by atoms with Crippen molar-refractivity contribution in [1.82, 2.24) is 0 Å². The van der Waals surface area contributed by atoms with Gasteiger partial charge >= 0.3 is 0 Å². The van der Waals surface area contributed by atoms with Crippen LogP contribution in [0.15, 0.2) is 53.6 Å². The van der Waals surface area contributed by atoms with Crippen molar-refractivity contribution in [2.24, 2.45) is 10.7 Å². The van der Waals surface area contributed by atoms with Crippen LogP contribution in [0.25, 0.3) is 0 Å². The van der Waals surface area contributed by atoms with E-state index in [4.69, 9.17) is 10.5 Å². The number of rotatable bonds is 4. The third-order valence-corrected chi connectivity index (χ3v) is 3.02. The van der Waals surface area contributed by atoms with E-state index in [2.05, 4.69) is 16.9 Å². The third-order valence-electron chi connectivity index (χ3n) is 3.02. The lowest BCUT2D eigenvalue weighted by molar-refractivity contribution is -0.112. The largest absolute Gasteiger partial charge is 0.463 e. The number of ether oxygens (including phenoxy) is 1. The number of nitrogens with two attached hydrogens (primary N) is 1. The highest BCUT2D eigenvalue weighted by Gasteiger charge is 2.18. The molecular formula is C15H17N3O2. The lowest BCUT2D eigenvalue weighted by Crippen LogP contribution is -2.13. The third kappa shape index (κ3) is 3.06. The number of benzene rings is 1. The molecule has 1 aromatic carbocycles. The summed E-state index contributed by atoms with van der Waals surface area (Å²) in [6.45, 7) is 5.85. The van der Waals surface area contributed by atoms with Crippen LogP contribution in [-0.4, -0.2) is 18.5 Å². The molecule has 0 fully saturated rings.